The summed E-state index contributed by atoms with van der Waals surface area (Å²) in [6.07, 6.45) is 2.89. The van der Waals surface area contributed by atoms with Gasteiger partial charge in [-0.3, -0.25) is 9.78 Å². The lowest BCUT2D eigenvalue weighted by atomic mass is 10.1. The van der Waals surface area contributed by atoms with E-state index < -0.39 is 0 Å². The van der Waals surface area contributed by atoms with Gasteiger partial charge in [-0.15, -0.1) is 0 Å². The molecule has 0 aliphatic carbocycles. The first-order chi connectivity index (χ1) is 7.24. The fraction of sp³-hybridized carbons (Fsp3) is 0.444. The lowest BCUT2D eigenvalue weighted by Gasteiger charge is -2.04. The van der Waals surface area contributed by atoms with Gasteiger partial charge in [0.05, 0.1) is 5.69 Å². The zero-order valence-corrected chi connectivity index (χ0v) is 8.53. The fourth-order valence-corrected chi connectivity index (χ4v) is 1.61. The first-order valence-electron chi connectivity index (χ1n) is 4.85. The Balaban J connectivity index is 2.57. The summed E-state index contributed by atoms with van der Waals surface area (Å²) in [5.41, 5.74) is 6.89. The smallest absolute Gasteiger partial charge is 0.255 e. The van der Waals surface area contributed by atoms with Gasteiger partial charge in [0.25, 0.3) is 5.56 Å². The summed E-state index contributed by atoms with van der Waals surface area (Å²) < 4.78 is 1.63. The molecule has 0 aromatic carbocycles. The lowest BCUT2D eigenvalue weighted by Crippen LogP contribution is -2.19. The van der Waals surface area contributed by atoms with Gasteiger partial charge in [-0.2, -0.15) is 10.1 Å². The number of nitrogens with zero attached hydrogens (tertiary/aromatic N) is 3. The van der Waals surface area contributed by atoms with E-state index in [0.29, 0.717) is 18.7 Å². The van der Waals surface area contributed by atoms with Crippen LogP contribution in [0.1, 0.15) is 17.7 Å². The zero-order chi connectivity index (χ0) is 10.8. The van der Waals surface area contributed by atoms with Crippen LogP contribution in [-0.4, -0.2) is 26.1 Å². The molecule has 0 spiro atoms. The minimum atomic E-state index is -0.0959. The van der Waals surface area contributed by atoms with Crippen LogP contribution in [0.3, 0.4) is 0 Å². The first-order valence-corrected chi connectivity index (χ1v) is 4.85. The third kappa shape index (κ3) is 1.63. The summed E-state index contributed by atoms with van der Waals surface area (Å²) in [5, 5.41) is 4.03. The second kappa shape index (κ2) is 3.82. The number of H-pyrrole nitrogens is 1. The Bertz CT molecular complexity index is 527. The van der Waals surface area contributed by atoms with Crippen molar-refractivity contribution >= 4 is 5.78 Å². The van der Waals surface area contributed by atoms with Crippen LogP contribution in [0, 0.1) is 6.92 Å². The van der Waals surface area contributed by atoms with Crippen LogP contribution in [0.5, 0.6) is 0 Å². The van der Waals surface area contributed by atoms with Crippen molar-refractivity contribution in [3.63, 3.8) is 0 Å². The molecule has 0 unspecified atom stereocenters. The molecular weight excluding hydrogens is 194 g/mol. The van der Waals surface area contributed by atoms with E-state index in [1.54, 1.807) is 4.52 Å². The molecule has 0 aliphatic rings. The molecule has 80 valence electrons. The second-order valence-electron chi connectivity index (χ2n) is 3.41. The van der Waals surface area contributed by atoms with Gasteiger partial charge < -0.3 is 5.73 Å². The number of aromatic nitrogens is 4. The van der Waals surface area contributed by atoms with E-state index in [0.717, 1.165) is 17.7 Å². The molecule has 0 atom stereocenters. The van der Waals surface area contributed by atoms with Gasteiger partial charge in [-0.05, 0) is 26.3 Å². The van der Waals surface area contributed by atoms with Crippen LogP contribution in [-0.2, 0) is 6.42 Å². The number of hydrogen-bond acceptors (Lipinski definition) is 4. The molecule has 2 aromatic heterocycles. The van der Waals surface area contributed by atoms with E-state index >= 15 is 0 Å². The average Bonchev–Trinajstić information content (AvgIpc) is 2.65. The van der Waals surface area contributed by atoms with Crippen molar-refractivity contribution < 1.29 is 0 Å². The molecule has 0 bridgehead atoms. The van der Waals surface area contributed by atoms with Crippen LogP contribution in [0.4, 0.5) is 0 Å². The van der Waals surface area contributed by atoms with Gasteiger partial charge in [0, 0.05) is 5.56 Å². The number of aryl methyl sites for hydroxylation is 1. The van der Waals surface area contributed by atoms with Gasteiger partial charge >= 0.3 is 0 Å². The maximum atomic E-state index is 11.7. The second-order valence-corrected chi connectivity index (χ2v) is 3.41. The van der Waals surface area contributed by atoms with Crippen LogP contribution in [0.15, 0.2) is 11.1 Å². The number of nitrogens with two attached hydrogens (primary N) is 1. The van der Waals surface area contributed by atoms with Crippen LogP contribution < -0.4 is 11.3 Å². The van der Waals surface area contributed by atoms with E-state index in [1.165, 1.54) is 6.33 Å². The van der Waals surface area contributed by atoms with Crippen molar-refractivity contribution in [3.8, 4) is 0 Å². The van der Waals surface area contributed by atoms with E-state index in [2.05, 4.69) is 15.1 Å². The summed E-state index contributed by atoms with van der Waals surface area (Å²) in [7, 11) is 0. The van der Waals surface area contributed by atoms with Crippen molar-refractivity contribution in [2.45, 2.75) is 19.8 Å². The monoisotopic (exact) mass is 207 g/mol. The summed E-state index contributed by atoms with van der Waals surface area (Å²) in [4.78, 5) is 18.3. The highest BCUT2D eigenvalue weighted by molar-refractivity contribution is 5.31. The fourth-order valence-electron chi connectivity index (χ4n) is 1.61. The lowest BCUT2D eigenvalue weighted by molar-refractivity contribution is 0.782. The third-order valence-corrected chi connectivity index (χ3v) is 2.43. The molecule has 2 rings (SSSR count). The van der Waals surface area contributed by atoms with Crippen LogP contribution in [0.2, 0.25) is 0 Å². The predicted molar refractivity (Wildman–Crippen MR) is 55.7 cm³/mol. The van der Waals surface area contributed by atoms with Gasteiger partial charge in [-0.25, -0.2) is 4.52 Å². The molecule has 0 fully saturated rings. The van der Waals surface area contributed by atoms with Gasteiger partial charge in [0.1, 0.15) is 6.33 Å². The molecule has 2 aromatic rings. The largest absolute Gasteiger partial charge is 0.330 e. The van der Waals surface area contributed by atoms with Crippen LogP contribution in [0.25, 0.3) is 5.78 Å². The molecule has 0 saturated carbocycles. The molecule has 6 heteroatoms. The maximum Gasteiger partial charge on any atom is 0.255 e. The molecule has 0 amide bonds. The van der Waals surface area contributed by atoms with E-state index in [-0.39, 0.29) is 5.56 Å². The number of nitrogens with one attached hydrogen (secondary N) is 1. The van der Waals surface area contributed by atoms with Crippen molar-refractivity contribution in [2.75, 3.05) is 6.54 Å². The van der Waals surface area contributed by atoms with E-state index in [1.807, 2.05) is 6.92 Å². The summed E-state index contributed by atoms with van der Waals surface area (Å²) >= 11 is 0. The van der Waals surface area contributed by atoms with Crippen molar-refractivity contribution in [1.29, 1.82) is 0 Å². The maximum absolute atomic E-state index is 11.7. The Morgan fingerprint density at radius 3 is 3.13 bits per heavy atom. The average molecular weight is 207 g/mol. The standard InChI is InChI=1S/C9H13N5O/c1-6-7(3-2-4-10)8(15)13-9-11-5-12-14(6)9/h5H,2-4,10H2,1H3,(H,11,12,13,15). The van der Waals surface area contributed by atoms with Gasteiger partial charge in [-0.1, -0.05) is 0 Å². The van der Waals surface area contributed by atoms with Gasteiger partial charge in [0.2, 0.25) is 5.78 Å². The highest BCUT2D eigenvalue weighted by atomic mass is 16.1. The Labute approximate surface area is 86.1 Å². The minimum absolute atomic E-state index is 0.0959. The minimum Gasteiger partial charge on any atom is -0.330 e. The topological polar surface area (TPSA) is 89.1 Å². The SMILES string of the molecule is Cc1c(CCCN)c(=O)[nH]c2ncnn12. The predicted octanol–water partition coefficient (Wildman–Crippen LogP) is -0.383. The number of fused-ring (bicyclic) bond motifs is 1. The third-order valence-electron chi connectivity index (χ3n) is 2.43. The summed E-state index contributed by atoms with van der Waals surface area (Å²) in [6, 6.07) is 0. The summed E-state index contributed by atoms with van der Waals surface area (Å²) in [6.45, 7) is 2.44. The Hall–Kier alpha value is -1.69. The molecular formula is C9H13N5O. The quantitative estimate of drug-likeness (QED) is 0.717. The van der Waals surface area contributed by atoms with Gasteiger partial charge in [0.15, 0.2) is 0 Å². The molecule has 0 aliphatic heterocycles. The molecule has 2 heterocycles. The Morgan fingerprint density at radius 2 is 2.40 bits per heavy atom. The zero-order valence-electron chi connectivity index (χ0n) is 8.53. The van der Waals surface area contributed by atoms with E-state index in [9.17, 15) is 4.79 Å². The molecule has 3 N–H and O–H groups in total. The Kier molecular flexibility index (Phi) is 2.51. The van der Waals surface area contributed by atoms with Crippen molar-refractivity contribution in [1.82, 2.24) is 19.6 Å². The van der Waals surface area contributed by atoms with E-state index in [4.69, 9.17) is 5.73 Å². The molecule has 0 radical (unpaired) electrons. The van der Waals surface area contributed by atoms with Crippen LogP contribution >= 0.6 is 0 Å². The highest BCUT2D eigenvalue weighted by Gasteiger charge is 2.09. The summed E-state index contributed by atoms with van der Waals surface area (Å²) in [5.74, 6) is 0.481. The first kappa shape index (κ1) is 9.85. The molecule has 0 saturated heterocycles. The number of rotatable bonds is 3. The Morgan fingerprint density at radius 1 is 1.60 bits per heavy atom. The normalized spacial score (nSPS) is 11.1. The van der Waals surface area contributed by atoms with Crippen molar-refractivity contribution in [2.24, 2.45) is 5.73 Å². The number of aromatic amines is 1. The molecule has 15 heavy (non-hydrogen) atoms. The molecule has 6 nitrogen and oxygen atoms in total. The number of hydrogen-bond donors (Lipinski definition) is 2. The van der Waals surface area contributed by atoms with Crippen molar-refractivity contribution in [3.05, 3.63) is 27.9 Å². The highest BCUT2D eigenvalue weighted by Crippen LogP contribution is 2.04.